The maximum atomic E-state index is 6.05. The van der Waals surface area contributed by atoms with Crippen LogP contribution in [0.5, 0.6) is 5.75 Å². The summed E-state index contributed by atoms with van der Waals surface area (Å²) >= 11 is 0. The number of imidazole rings is 1. The maximum absolute atomic E-state index is 6.05. The zero-order chi connectivity index (χ0) is 20.1. The van der Waals surface area contributed by atoms with Gasteiger partial charge in [0.2, 0.25) is 0 Å². The van der Waals surface area contributed by atoms with E-state index in [0.717, 1.165) is 54.4 Å². The Morgan fingerprint density at radius 2 is 1.76 bits per heavy atom. The number of aryl methyl sites for hydroxylation is 3. The molecule has 4 aromatic rings. The van der Waals surface area contributed by atoms with Crippen molar-refractivity contribution in [2.75, 3.05) is 6.61 Å². The summed E-state index contributed by atoms with van der Waals surface area (Å²) in [6, 6.07) is 18.4. The van der Waals surface area contributed by atoms with Crippen molar-refractivity contribution in [1.82, 2.24) is 9.55 Å². The number of ether oxygens (including phenoxy) is 1. The Morgan fingerprint density at radius 3 is 2.55 bits per heavy atom. The average Bonchev–Trinajstić information content (AvgIpc) is 3.36. The lowest BCUT2D eigenvalue weighted by Gasteiger charge is -2.12. The van der Waals surface area contributed by atoms with E-state index in [1.165, 1.54) is 11.1 Å². The van der Waals surface area contributed by atoms with Crippen molar-refractivity contribution in [3.63, 3.8) is 0 Å². The summed E-state index contributed by atoms with van der Waals surface area (Å²) < 4.78 is 13.7. The van der Waals surface area contributed by atoms with Gasteiger partial charge in [0.1, 0.15) is 17.3 Å². The predicted molar refractivity (Wildman–Crippen MR) is 118 cm³/mol. The molecule has 0 atom stereocenters. The molecule has 0 aliphatic heterocycles. The number of furan rings is 1. The second kappa shape index (κ2) is 8.82. The van der Waals surface area contributed by atoms with Crippen LogP contribution in [-0.4, -0.2) is 16.2 Å². The molecule has 0 amide bonds. The lowest BCUT2D eigenvalue weighted by atomic mass is 10.1. The van der Waals surface area contributed by atoms with Crippen LogP contribution in [0.3, 0.4) is 0 Å². The molecule has 2 heterocycles. The lowest BCUT2D eigenvalue weighted by Crippen LogP contribution is -2.05. The van der Waals surface area contributed by atoms with Gasteiger partial charge in [0.15, 0.2) is 0 Å². The molecule has 0 saturated carbocycles. The summed E-state index contributed by atoms with van der Waals surface area (Å²) in [4.78, 5) is 4.79. The van der Waals surface area contributed by atoms with Crippen molar-refractivity contribution >= 4 is 23.2 Å². The van der Waals surface area contributed by atoms with Gasteiger partial charge in [0.25, 0.3) is 0 Å². The molecule has 0 spiro atoms. The van der Waals surface area contributed by atoms with E-state index in [9.17, 15) is 0 Å². The molecule has 4 nitrogen and oxygen atoms in total. The highest BCUT2D eigenvalue weighted by Crippen LogP contribution is 2.23. The monoisotopic (exact) mass is 386 g/mol. The normalized spacial score (nSPS) is 11.5. The average molecular weight is 386 g/mol. The van der Waals surface area contributed by atoms with E-state index in [1.807, 2.05) is 30.4 Å². The lowest BCUT2D eigenvalue weighted by molar-refractivity contribution is 0.299. The summed E-state index contributed by atoms with van der Waals surface area (Å²) in [6.07, 6.45) is 7.67. The Morgan fingerprint density at radius 1 is 0.931 bits per heavy atom. The van der Waals surface area contributed by atoms with E-state index in [1.54, 1.807) is 6.26 Å². The molecule has 148 valence electrons. The quantitative estimate of drug-likeness (QED) is 0.335. The van der Waals surface area contributed by atoms with E-state index < -0.39 is 0 Å². The fourth-order valence-corrected chi connectivity index (χ4v) is 3.57. The number of rotatable bonds is 8. The van der Waals surface area contributed by atoms with Crippen LogP contribution < -0.4 is 4.74 Å². The van der Waals surface area contributed by atoms with E-state index in [2.05, 4.69) is 54.8 Å². The topological polar surface area (TPSA) is 40.2 Å². The highest BCUT2D eigenvalue weighted by molar-refractivity contribution is 5.79. The third kappa shape index (κ3) is 4.43. The molecule has 0 unspecified atom stereocenters. The summed E-state index contributed by atoms with van der Waals surface area (Å²) in [5.74, 6) is 2.78. The fraction of sp³-hybridized carbons (Fsp3) is 0.240. The third-order valence-corrected chi connectivity index (χ3v) is 5.06. The largest absolute Gasteiger partial charge is 0.493 e. The number of nitrogens with zero attached hydrogens (tertiary/aromatic N) is 2. The zero-order valence-corrected chi connectivity index (χ0v) is 17.0. The fourth-order valence-electron chi connectivity index (χ4n) is 3.57. The van der Waals surface area contributed by atoms with Crippen molar-refractivity contribution in [3.05, 3.63) is 83.6 Å². The van der Waals surface area contributed by atoms with Crippen molar-refractivity contribution in [2.45, 2.75) is 33.2 Å². The number of para-hydroxylation sites is 3. The first-order chi connectivity index (χ1) is 14.2. The first-order valence-electron chi connectivity index (χ1n) is 10.1. The van der Waals surface area contributed by atoms with Crippen molar-refractivity contribution in [1.29, 1.82) is 0 Å². The van der Waals surface area contributed by atoms with Crippen LogP contribution in [0, 0.1) is 13.8 Å². The van der Waals surface area contributed by atoms with Crippen LogP contribution in [-0.2, 0) is 6.54 Å². The second-order valence-corrected chi connectivity index (χ2v) is 7.24. The van der Waals surface area contributed by atoms with E-state index >= 15 is 0 Å². The first kappa shape index (κ1) is 19.1. The van der Waals surface area contributed by atoms with Gasteiger partial charge in [-0.1, -0.05) is 30.3 Å². The number of hydrogen-bond donors (Lipinski definition) is 0. The molecule has 0 N–H and O–H groups in total. The van der Waals surface area contributed by atoms with E-state index in [4.69, 9.17) is 14.1 Å². The van der Waals surface area contributed by atoms with E-state index in [-0.39, 0.29) is 0 Å². The van der Waals surface area contributed by atoms with E-state index in [0.29, 0.717) is 0 Å². The van der Waals surface area contributed by atoms with Crippen molar-refractivity contribution in [2.24, 2.45) is 0 Å². The molecule has 0 fully saturated rings. The molecule has 0 bridgehead atoms. The van der Waals surface area contributed by atoms with Gasteiger partial charge in [0, 0.05) is 6.54 Å². The molecule has 0 aliphatic carbocycles. The Balaban J connectivity index is 1.42. The number of fused-ring (bicyclic) bond motifs is 1. The van der Waals surface area contributed by atoms with Crippen LogP contribution in [0.2, 0.25) is 0 Å². The van der Waals surface area contributed by atoms with Crippen molar-refractivity contribution in [3.8, 4) is 5.75 Å². The highest BCUT2D eigenvalue weighted by Gasteiger charge is 2.08. The first-order valence-corrected chi connectivity index (χ1v) is 10.1. The summed E-state index contributed by atoms with van der Waals surface area (Å²) in [5, 5.41) is 0. The molecule has 2 aromatic carbocycles. The second-order valence-electron chi connectivity index (χ2n) is 7.24. The minimum Gasteiger partial charge on any atom is -0.493 e. The molecular weight excluding hydrogens is 360 g/mol. The predicted octanol–water partition coefficient (Wildman–Crippen LogP) is 6.28. The molecule has 29 heavy (non-hydrogen) atoms. The Labute approximate surface area is 171 Å². The SMILES string of the molecule is Cc1cccc(C)c1OCCCCn1c(/C=C/c2ccco2)nc2ccccc21. The van der Waals surface area contributed by atoms with Crippen LogP contribution >= 0.6 is 0 Å². The molecular formula is C25H26N2O2. The van der Waals surface area contributed by atoms with Crippen LogP contribution in [0.15, 0.2) is 65.3 Å². The molecule has 2 aromatic heterocycles. The van der Waals surface area contributed by atoms with Gasteiger partial charge in [-0.15, -0.1) is 0 Å². The van der Waals surface area contributed by atoms with Gasteiger partial charge in [-0.25, -0.2) is 4.98 Å². The number of hydrogen-bond acceptors (Lipinski definition) is 3. The summed E-state index contributed by atoms with van der Waals surface area (Å²) in [7, 11) is 0. The standard InChI is InChI=1S/C25H26N2O2/c1-19-9-7-10-20(2)25(19)29-17-6-5-16-27-23-13-4-3-12-22(23)26-24(27)15-14-21-11-8-18-28-21/h3-4,7-15,18H,5-6,16-17H2,1-2H3/b15-14+. The minimum absolute atomic E-state index is 0.718. The van der Waals surface area contributed by atoms with Crippen LogP contribution in [0.4, 0.5) is 0 Å². The smallest absolute Gasteiger partial charge is 0.133 e. The van der Waals surface area contributed by atoms with Gasteiger partial charge in [-0.05, 0) is 74.2 Å². The highest BCUT2D eigenvalue weighted by atomic mass is 16.5. The third-order valence-electron chi connectivity index (χ3n) is 5.06. The molecule has 0 saturated heterocycles. The minimum atomic E-state index is 0.718. The molecule has 0 aliphatic rings. The maximum Gasteiger partial charge on any atom is 0.133 e. The van der Waals surface area contributed by atoms with Gasteiger partial charge in [0.05, 0.1) is 23.9 Å². The zero-order valence-electron chi connectivity index (χ0n) is 17.0. The number of benzene rings is 2. The van der Waals surface area contributed by atoms with Crippen LogP contribution in [0.25, 0.3) is 23.2 Å². The number of unbranched alkanes of at least 4 members (excludes halogenated alkanes) is 1. The van der Waals surface area contributed by atoms with Gasteiger partial charge in [-0.2, -0.15) is 0 Å². The summed E-state index contributed by atoms with van der Waals surface area (Å²) in [6.45, 7) is 5.81. The number of aromatic nitrogens is 2. The Kier molecular flexibility index (Phi) is 5.80. The molecule has 0 radical (unpaired) electrons. The van der Waals surface area contributed by atoms with Gasteiger partial charge >= 0.3 is 0 Å². The summed E-state index contributed by atoms with van der Waals surface area (Å²) in [5.41, 5.74) is 4.55. The molecule has 4 heteroatoms. The molecule has 4 rings (SSSR count). The van der Waals surface area contributed by atoms with Crippen molar-refractivity contribution < 1.29 is 9.15 Å². The van der Waals surface area contributed by atoms with Gasteiger partial charge < -0.3 is 13.7 Å². The Hall–Kier alpha value is -3.27. The Bertz CT molecular complexity index is 1090. The van der Waals surface area contributed by atoms with Crippen LogP contribution in [0.1, 0.15) is 35.6 Å². The van der Waals surface area contributed by atoms with Gasteiger partial charge in [-0.3, -0.25) is 0 Å².